The van der Waals surface area contributed by atoms with E-state index in [1.807, 2.05) is 0 Å². The average molecular weight is 242 g/mol. The second-order valence-electron chi connectivity index (χ2n) is 3.46. The van der Waals surface area contributed by atoms with E-state index in [0.717, 1.165) is 6.20 Å². The van der Waals surface area contributed by atoms with Crippen molar-refractivity contribution in [1.29, 1.82) is 0 Å². The van der Waals surface area contributed by atoms with Crippen LogP contribution < -0.4 is 5.32 Å². The van der Waals surface area contributed by atoms with Gasteiger partial charge in [-0.1, -0.05) is 0 Å². The van der Waals surface area contributed by atoms with E-state index in [1.54, 1.807) is 6.92 Å². The first-order chi connectivity index (χ1) is 8.08. The third kappa shape index (κ3) is 3.76. The fraction of sp³-hybridized carbons (Fsp3) is 0.455. The van der Waals surface area contributed by atoms with E-state index in [1.165, 1.54) is 26.4 Å². The molecule has 17 heavy (non-hydrogen) atoms. The Balaban J connectivity index is 2.62. The number of hydrogen-bond acceptors (Lipinski definition) is 4. The van der Waals surface area contributed by atoms with Crippen LogP contribution in [0.1, 0.15) is 17.4 Å². The highest BCUT2D eigenvalue weighted by molar-refractivity contribution is 5.92. The van der Waals surface area contributed by atoms with Gasteiger partial charge in [0.15, 0.2) is 6.29 Å². The Bertz CT molecular complexity index is 365. The molecule has 0 aromatic carbocycles. The second kappa shape index (κ2) is 6.27. The number of halogens is 1. The first kappa shape index (κ1) is 13.5. The van der Waals surface area contributed by atoms with Gasteiger partial charge in [-0.05, 0) is 19.1 Å². The number of ether oxygens (including phenoxy) is 2. The maximum atomic E-state index is 12.6. The van der Waals surface area contributed by atoms with Crippen molar-refractivity contribution in [2.24, 2.45) is 0 Å². The first-order valence-electron chi connectivity index (χ1n) is 5.06. The Morgan fingerprint density at radius 2 is 2.06 bits per heavy atom. The Morgan fingerprint density at radius 3 is 2.53 bits per heavy atom. The van der Waals surface area contributed by atoms with Crippen molar-refractivity contribution in [3.05, 3.63) is 29.8 Å². The van der Waals surface area contributed by atoms with Gasteiger partial charge >= 0.3 is 0 Å². The lowest BCUT2D eigenvalue weighted by molar-refractivity contribution is -0.117. The van der Waals surface area contributed by atoms with Gasteiger partial charge in [0.25, 0.3) is 5.91 Å². The molecule has 5 nitrogen and oxygen atoms in total. The molecule has 1 N–H and O–H groups in total. The number of carbonyl (C=O) groups is 1. The Hall–Kier alpha value is -1.53. The van der Waals surface area contributed by atoms with Gasteiger partial charge in [-0.2, -0.15) is 0 Å². The van der Waals surface area contributed by atoms with Crippen molar-refractivity contribution in [2.45, 2.75) is 19.3 Å². The highest BCUT2D eigenvalue weighted by atomic mass is 19.1. The zero-order valence-corrected chi connectivity index (χ0v) is 9.94. The summed E-state index contributed by atoms with van der Waals surface area (Å²) in [5.74, 6) is -0.891. The largest absolute Gasteiger partial charge is 0.354 e. The number of nitrogens with zero attached hydrogens (tertiary/aromatic N) is 1. The summed E-state index contributed by atoms with van der Waals surface area (Å²) < 4.78 is 22.6. The van der Waals surface area contributed by atoms with Gasteiger partial charge in [0, 0.05) is 14.2 Å². The first-order valence-corrected chi connectivity index (χ1v) is 5.06. The van der Waals surface area contributed by atoms with E-state index >= 15 is 0 Å². The quantitative estimate of drug-likeness (QED) is 0.781. The molecule has 6 heteroatoms. The van der Waals surface area contributed by atoms with Crippen molar-refractivity contribution < 1.29 is 18.7 Å². The van der Waals surface area contributed by atoms with Crippen molar-refractivity contribution >= 4 is 5.91 Å². The summed E-state index contributed by atoms with van der Waals surface area (Å²) in [6, 6.07) is 2.15. The van der Waals surface area contributed by atoms with Crippen molar-refractivity contribution in [3.63, 3.8) is 0 Å². The number of carbonyl (C=O) groups excluding carboxylic acids is 1. The molecule has 1 amide bonds. The van der Waals surface area contributed by atoms with Gasteiger partial charge in [-0.25, -0.2) is 9.37 Å². The zero-order chi connectivity index (χ0) is 12.8. The minimum absolute atomic E-state index is 0.143. The summed E-state index contributed by atoms with van der Waals surface area (Å²) in [6.45, 7) is 1.74. The average Bonchev–Trinajstić information content (AvgIpc) is 2.31. The molecule has 0 aliphatic carbocycles. The summed E-state index contributed by atoms with van der Waals surface area (Å²) in [5.41, 5.74) is 0.143. The molecule has 0 saturated carbocycles. The molecule has 0 spiro atoms. The normalized spacial score (nSPS) is 12.5. The topological polar surface area (TPSA) is 60.5 Å². The Labute approximate surface area is 98.9 Å². The molecule has 1 unspecified atom stereocenters. The molecular weight excluding hydrogens is 227 g/mol. The van der Waals surface area contributed by atoms with Gasteiger partial charge in [-0.15, -0.1) is 0 Å². The highest BCUT2D eigenvalue weighted by Crippen LogP contribution is 2.02. The third-order valence-electron chi connectivity index (χ3n) is 2.19. The molecule has 1 atom stereocenters. The summed E-state index contributed by atoms with van der Waals surface area (Å²) >= 11 is 0. The fourth-order valence-electron chi connectivity index (χ4n) is 1.36. The highest BCUT2D eigenvalue weighted by Gasteiger charge is 2.19. The summed E-state index contributed by atoms with van der Waals surface area (Å²) in [4.78, 5) is 15.4. The second-order valence-corrected chi connectivity index (χ2v) is 3.46. The molecule has 0 fully saturated rings. The van der Waals surface area contributed by atoms with Gasteiger partial charge in [0.1, 0.15) is 11.5 Å². The maximum absolute atomic E-state index is 12.6. The Morgan fingerprint density at radius 1 is 1.41 bits per heavy atom. The van der Waals surface area contributed by atoms with E-state index in [2.05, 4.69) is 10.3 Å². The number of methoxy groups -OCH3 is 2. The number of amides is 1. The molecule has 1 aromatic heterocycles. The molecule has 1 rings (SSSR count). The summed E-state index contributed by atoms with van der Waals surface area (Å²) in [6.07, 6.45) is 0.448. The molecular formula is C11H15FN2O3. The number of nitrogens with one attached hydrogen (secondary N) is 1. The van der Waals surface area contributed by atoms with E-state index in [-0.39, 0.29) is 11.7 Å². The minimum Gasteiger partial charge on any atom is -0.354 e. The van der Waals surface area contributed by atoms with Crippen molar-refractivity contribution in [2.75, 3.05) is 14.2 Å². The van der Waals surface area contributed by atoms with Crippen LogP contribution in [0.15, 0.2) is 18.3 Å². The molecule has 0 aliphatic heterocycles. The maximum Gasteiger partial charge on any atom is 0.270 e. The molecule has 0 radical (unpaired) electrons. The lowest BCUT2D eigenvalue weighted by Crippen LogP contribution is -2.43. The smallest absolute Gasteiger partial charge is 0.270 e. The molecule has 0 aliphatic rings. The van der Waals surface area contributed by atoms with E-state index in [9.17, 15) is 9.18 Å². The van der Waals surface area contributed by atoms with Crippen LogP contribution in [0.2, 0.25) is 0 Å². The van der Waals surface area contributed by atoms with Crippen LogP contribution in [0.3, 0.4) is 0 Å². The third-order valence-corrected chi connectivity index (χ3v) is 2.19. The van der Waals surface area contributed by atoms with E-state index in [0.29, 0.717) is 0 Å². The lowest BCUT2D eigenvalue weighted by Gasteiger charge is -2.21. The van der Waals surface area contributed by atoms with Gasteiger partial charge < -0.3 is 14.8 Å². The predicted molar refractivity (Wildman–Crippen MR) is 58.9 cm³/mol. The lowest BCUT2D eigenvalue weighted by atomic mass is 10.3. The summed E-state index contributed by atoms with van der Waals surface area (Å²) in [7, 11) is 2.96. The predicted octanol–water partition coefficient (Wildman–Crippen LogP) is 0.958. The molecule has 94 valence electrons. The Kier molecular flexibility index (Phi) is 4.99. The van der Waals surface area contributed by atoms with Gasteiger partial charge in [0.05, 0.1) is 12.2 Å². The monoisotopic (exact) mass is 242 g/mol. The van der Waals surface area contributed by atoms with Crippen LogP contribution in [0.25, 0.3) is 0 Å². The van der Waals surface area contributed by atoms with Crippen LogP contribution in [0.4, 0.5) is 4.39 Å². The minimum atomic E-state index is -0.542. The number of pyridine rings is 1. The molecule has 1 aromatic rings. The van der Waals surface area contributed by atoms with Gasteiger partial charge in [0.2, 0.25) is 0 Å². The van der Waals surface area contributed by atoms with Crippen LogP contribution >= 0.6 is 0 Å². The number of aromatic nitrogens is 1. The van der Waals surface area contributed by atoms with E-state index in [4.69, 9.17) is 9.47 Å². The number of hydrogen-bond donors (Lipinski definition) is 1. The van der Waals surface area contributed by atoms with Crippen molar-refractivity contribution in [1.82, 2.24) is 10.3 Å². The van der Waals surface area contributed by atoms with Crippen molar-refractivity contribution in [3.8, 4) is 0 Å². The van der Waals surface area contributed by atoms with Gasteiger partial charge in [-0.3, -0.25) is 4.79 Å². The van der Waals surface area contributed by atoms with E-state index < -0.39 is 18.0 Å². The molecule has 0 saturated heterocycles. The number of rotatable bonds is 5. The fourth-order valence-corrected chi connectivity index (χ4v) is 1.36. The van der Waals surface area contributed by atoms with Crippen LogP contribution in [-0.2, 0) is 9.47 Å². The SMILES string of the molecule is COC(OC)C(C)NC(=O)c1ccc(F)cn1. The molecule has 1 heterocycles. The van der Waals surface area contributed by atoms with Crippen LogP contribution in [0, 0.1) is 5.82 Å². The molecule has 0 bridgehead atoms. The van der Waals surface area contributed by atoms with Crippen LogP contribution in [0.5, 0.6) is 0 Å². The standard InChI is InChI=1S/C11H15FN2O3/c1-7(11(16-2)17-3)14-10(15)9-5-4-8(12)6-13-9/h4-7,11H,1-3H3,(H,14,15). The summed E-state index contributed by atoms with van der Waals surface area (Å²) in [5, 5.41) is 2.64. The van der Waals surface area contributed by atoms with Crippen LogP contribution in [-0.4, -0.2) is 37.4 Å². The zero-order valence-electron chi connectivity index (χ0n) is 9.94.